The van der Waals surface area contributed by atoms with E-state index < -0.39 is 0 Å². The van der Waals surface area contributed by atoms with Crippen LogP contribution in [-0.2, 0) is 6.61 Å². The molecule has 2 aromatic rings. The number of aliphatic hydroxyl groups is 1. The van der Waals surface area contributed by atoms with Gasteiger partial charge in [-0.2, -0.15) is 0 Å². The minimum Gasteiger partial charge on any atom is -0.392 e. The summed E-state index contributed by atoms with van der Waals surface area (Å²) < 4.78 is 0. The van der Waals surface area contributed by atoms with Gasteiger partial charge < -0.3 is 5.11 Å². The molecule has 0 spiro atoms. The lowest BCUT2D eigenvalue weighted by molar-refractivity contribution is 0.282. The lowest BCUT2D eigenvalue weighted by Crippen LogP contribution is -1.83. The predicted octanol–water partition coefficient (Wildman–Crippen LogP) is 2.74. The number of nitrogens with zero attached hydrogens (tertiary/aromatic N) is 1. The number of rotatable bonds is 3. The molecule has 0 fully saturated rings. The van der Waals surface area contributed by atoms with E-state index in [4.69, 9.17) is 5.11 Å². The van der Waals surface area contributed by atoms with Crippen molar-refractivity contribution in [3.05, 3.63) is 65.5 Å². The van der Waals surface area contributed by atoms with Crippen LogP contribution in [0.5, 0.6) is 0 Å². The quantitative estimate of drug-likeness (QED) is 0.846. The van der Waals surface area contributed by atoms with E-state index in [1.165, 1.54) is 0 Å². The second-order valence-corrected chi connectivity index (χ2v) is 3.49. The van der Waals surface area contributed by atoms with E-state index in [9.17, 15) is 0 Å². The number of aliphatic hydroxyl groups excluding tert-OH is 1. The van der Waals surface area contributed by atoms with E-state index in [0.29, 0.717) is 0 Å². The summed E-state index contributed by atoms with van der Waals surface area (Å²) in [6.07, 6.45) is 5.71. The molecule has 0 bridgehead atoms. The highest BCUT2D eigenvalue weighted by Gasteiger charge is 1.91. The molecule has 0 unspecified atom stereocenters. The molecule has 2 nitrogen and oxygen atoms in total. The van der Waals surface area contributed by atoms with Crippen molar-refractivity contribution in [2.75, 3.05) is 0 Å². The van der Waals surface area contributed by atoms with Crippen molar-refractivity contribution in [1.82, 2.24) is 4.98 Å². The van der Waals surface area contributed by atoms with E-state index in [1.54, 1.807) is 6.20 Å². The Morgan fingerprint density at radius 1 is 1.06 bits per heavy atom. The highest BCUT2D eigenvalue weighted by molar-refractivity contribution is 5.68. The summed E-state index contributed by atoms with van der Waals surface area (Å²) in [4.78, 5) is 4.20. The van der Waals surface area contributed by atoms with Gasteiger partial charge in [-0.15, -0.1) is 0 Å². The van der Waals surface area contributed by atoms with Crippen molar-refractivity contribution in [2.24, 2.45) is 0 Å². The molecule has 0 aliphatic carbocycles. The molecule has 2 heteroatoms. The number of benzene rings is 1. The highest BCUT2D eigenvalue weighted by Crippen LogP contribution is 2.09. The maximum absolute atomic E-state index is 9.01. The third-order valence-electron chi connectivity index (χ3n) is 2.27. The Bertz CT molecular complexity index is 477. The monoisotopic (exact) mass is 211 g/mol. The predicted molar refractivity (Wildman–Crippen MR) is 65.5 cm³/mol. The van der Waals surface area contributed by atoms with Crippen molar-refractivity contribution in [1.29, 1.82) is 0 Å². The van der Waals surface area contributed by atoms with Crippen molar-refractivity contribution in [2.45, 2.75) is 6.61 Å². The molecular formula is C14H13NO. The van der Waals surface area contributed by atoms with Gasteiger partial charge in [-0.25, -0.2) is 0 Å². The zero-order valence-electron chi connectivity index (χ0n) is 8.88. The Balaban J connectivity index is 2.17. The molecule has 80 valence electrons. The molecule has 1 aromatic heterocycles. The standard InChI is InChI=1S/C14H13NO/c16-11-13-5-3-4-12(10-13)7-8-14-6-1-2-9-15-14/h1-10,16H,11H2/b8-7+. The Kier molecular flexibility index (Phi) is 3.46. The molecule has 16 heavy (non-hydrogen) atoms. The highest BCUT2D eigenvalue weighted by atomic mass is 16.3. The van der Waals surface area contributed by atoms with Crippen LogP contribution < -0.4 is 0 Å². The molecule has 0 aliphatic rings. The van der Waals surface area contributed by atoms with Crippen LogP contribution in [0.1, 0.15) is 16.8 Å². The Morgan fingerprint density at radius 2 is 2.00 bits per heavy atom. The van der Waals surface area contributed by atoms with E-state index in [1.807, 2.05) is 54.6 Å². The van der Waals surface area contributed by atoms with Crippen LogP contribution in [-0.4, -0.2) is 10.1 Å². The van der Waals surface area contributed by atoms with Crippen LogP contribution in [0.4, 0.5) is 0 Å². The summed E-state index contributed by atoms with van der Waals surface area (Å²) >= 11 is 0. The van der Waals surface area contributed by atoms with Crippen LogP contribution in [0.25, 0.3) is 12.2 Å². The first-order chi connectivity index (χ1) is 7.88. The lowest BCUT2D eigenvalue weighted by Gasteiger charge is -1.97. The van der Waals surface area contributed by atoms with Gasteiger partial charge in [0.15, 0.2) is 0 Å². The molecule has 0 radical (unpaired) electrons. The van der Waals surface area contributed by atoms with Crippen molar-refractivity contribution >= 4 is 12.2 Å². The van der Waals surface area contributed by atoms with Crippen LogP contribution >= 0.6 is 0 Å². The van der Waals surface area contributed by atoms with Gasteiger partial charge in [0.1, 0.15) is 0 Å². The van der Waals surface area contributed by atoms with Crippen molar-refractivity contribution in [3.8, 4) is 0 Å². The molecule has 0 saturated carbocycles. The maximum Gasteiger partial charge on any atom is 0.0682 e. The van der Waals surface area contributed by atoms with Gasteiger partial charge in [-0.05, 0) is 35.4 Å². The third-order valence-corrected chi connectivity index (χ3v) is 2.27. The Labute approximate surface area is 94.9 Å². The average Bonchev–Trinajstić information content (AvgIpc) is 2.38. The van der Waals surface area contributed by atoms with Gasteiger partial charge in [0.05, 0.1) is 12.3 Å². The molecule has 0 atom stereocenters. The van der Waals surface area contributed by atoms with E-state index >= 15 is 0 Å². The summed E-state index contributed by atoms with van der Waals surface area (Å²) in [7, 11) is 0. The van der Waals surface area contributed by atoms with E-state index in [-0.39, 0.29) is 6.61 Å². The largest absolute Gasteiger partial charge is 0.392 e. The fraction of sp³-hybridized carbons (Fsp3) is 0.0714. The Morgan fingerprint density at radius 3 is 2.75 bits per heavy atom. The van der Waals surface area contributed by atoms with Gasteiger partial charge in [0, 0.05) is 6.20 Å². The van der Waals surface area contributed by atoms with Gasteiger partial charge in [-0.1, -0.05) is 30.3 Å². The first-order valence-electron chi connectivity index (χ1n) is 5.17. The van der Waals surface area contributed by atoms with Crippen molar-refractivity contribution in [3.63, 3.8) is 0 Å². The molecule has 1 heterocycles. The van der Waals surface area contributed by atoms with Gasteiger partial charge >= 0.3 is 0 Å². The molecule has 0 amide bonds. The zero-order chi connectivity index (χ0) is 11.2. The molecule has 2 rings (SSSR count). The van der Waals surface area contributed by atoms with Crippen LogP contribution in [0.2, 0.25) is 0 Å². The second kappa shape index (κ2) is 5.24. The minimum atomic E-state index is 0.0747. The molecular weight excluding hydrogens is 198 g/mol. The lowest BCUT2D eigenvalue weighted by atomic mass is 10.1. The molecule has 1 aromatic carbocycles. The van der Waals surface area contributed by atoms with E-state index in [2.05, 4.69) is 4.98 Å². The van der Waals surface area contributed by atoms with Crippen LogP contribution in [0, 0.1) is 0 Å². The number of aromatic nitrogens is 1. The minimum absolute atomic E-state index is 0.0747. The van der Waals surface area contributed by atoms with Gasteiger partial charge in [0.25, 0.3) is 0 Å². The Hall–Kier alpha value is -1.93. The average molecular weight is 211 g/mol. The summed E-state index contributed by atoms with van der Waals surface area (Å²) in [5.41, 5.74) is 2.91. The fourth-order valence-electron chi connectivity index (χ4n) is 1.45. The normalized spacial score (nSPS) is 10.8. The number of pyridine rings is 1. The molecule has 0 saturated heterocycles. The fourth-order valence-corrected chi connectivity index (χ4v) is 1.45. The van der Waals surface area contributed by atoms with Gasteiger partial charge in [0.2, 0.25) is 0 Å². The topological polar surface area (TPSA) is 33.1 Å². The number of hydrogen-bond donors (Lipinski definition) is 1. The van der Waals surface area contributed by atoms with E-state index in [0.717, 1.165) is 16.8 Å². The SMILES string of the molecule is OCc1cccc(/C=C/c2ccccn2)c1. The van der Waals surface area contributed by atoms with Gasteiger partial charge in [-0.3, -0.25) is 4.98 Å². The molecule has 0 aliphatic heterocycles. The number of hydrogen-bond acceptors (Lipinski definition) is 2. The third kappa shape index (κ3) is 2.78. The first-order valence-corrected chi connectivity index (χ1v) is 5.17. The van der Waals surface area contributed by atoms with Crippen molar-refractivity contribution < 1.29 is 5.11 Å². The zero-order valence-corrected chi connectivity index (χ0v) is 8.88. The van der Waals surface area contributed by atoms with Crippen LogP contribution in [0.3, 0.4) is 0 Å². The molecule has 1 N–H and O–H groups in total. The van der Waals surface area contributed by atoms with Crippen LogP contribution in [0.15, 0.2) is 48.7 Å². The maximum atomic E-state index is 9.01. The second-order valence-electron chi connectivity index (χ2n) is 3.49. The summed E-state index contributed by atoms with van der Waals surface area (Å²) in [5.74, 6) is 0. The summed E-state index contributed by atoms with van der Waals surface area (Å²) in [5, 5.41) is 9.01. The summed E-state index contributed by atoms with van der Waals surface area (Å²) in [6.45, 7) is 0.0747. The summed E-state index contributed by atoms with van der Waals surface area (Å²) in [6, 6.07) is 13.6. The first kappa shape index (κ1) is 10.6. The smallest absolute Gasteiger partial charge is 0.0682 e.